The number of para-hydroxylation sites is 1. The van der Waals surface area contributed by atoms with E-state index in [-0.39, 0.29) is 23.7 Å². The van der Waals surface area contributed by atoms with Gasteiger partial charge in [0.2, 0.25) is 5.91 Å². The van der Waals surface area contributed by atoms with Crippen molar-refractivity contribution in [3.05, 3.63) is 54.1 Å². The fraction of sp³-hybridized carbons (Fsp3) is 0.500. The van der Waals surface area contributed by atoms with Crippen LogP contribution in [0.2, 0.25) is 0 Å². The van der Waals surface area contributed by atoms with E-state index in [4.69, 9.17) is 9.47 Å². The predicted octanol–water partition coefficient (Wildman–Crippen LogP) is 5.52. The van der Waals surface area contributed by atoms with Crippen LogP contribution >= 0.6 is 0 Å². The van der Waals surface area contributed by atoms with Crippen LogP contribution in [0, 0.1) is 11.8 Å². The molecule has 1 N–H and O–H groups in total. The van der Waals surface area contributed by atoms with Crippen LogP contribution in [-0.4, -0.2) is 24.7 Å². The largest absolute Gasteiger partial charge is 0.496 e. The number of ether oxygens (including phenoxy) is 2. The topological polar surface area (TPSA) is 47.6 Å². The summed E-state index contributed by atoms with van der Waals surface area (Å²) in [5, 5.41) is 3.29. The number of nitrogens with one attached hydrogen (secondary N) is 1. The molecule has 0 spiro atoms. The molecule has 5 atom stereocenters. The molecule has 0 unspecified atom stereocenters. The fourth-order valence-corrected chi connectivity index (χ4v) is 5.51. The molecule has 4 rings (SSSR count). The van der Waals surface area contributed by atoms with Crippen molar-refractivity contribution in [1.82, 2.24) is 5.32 Å². The minimum absolute atomic E-state index is 0.0138. The van der Waals surface area contributed by atoms with E-state index in [1.807, 2.05) is 18.2 Å². The highest BCUT2D eigenvalue weighted by atomic mass is 16.5. The first kappa shape index (κ1) is 20.9. The van der Waals surface area contributed by atoms with Crippen molar-refractivity contribution in [3.8, 4) is 16.9 Å². The van der Waals surface area contributed by atoms with Gasteiger partial charge in [-0.3, -0.25) is 4.79 Å². The minimum Gasteiger partial charge on any atom is -0.496 e. The van der Waals surface area contributed by atoms with Gasteiger partial charge in [0.05, 0.1) is 19.3 Å². The summed E-state index contributed by atoms with van der Waals surface area (Å²) in [6.07, 6.45) is 4.37. The van der Waals surface area contributed by atoms with Gasteiger partial charge in [0.25, 0.3) is 0 Å². The van der Waals surface area contributed by atoms with E-state index in [2.05, 4.69) is 49.5 Å². The van der Waals surface area contributed by atoms with Gasteiger partial charge in [-0.2, -0.15) is 0 Å². The van der Waals surface area contributed by atoms with Gasteiger partial charge in [0, 0.05) is 30.4 Å². The molecule has 0 radical (unpaired) electrons. The molecule has 2 fully saturated rings. The van der Waals surface area contributed by atoms with Crippen LogP contribution < -0.4 is 10.1 Å². The van der Waals surface area contributed by atoms with Crippen molar-refractivity contribution < 1.29 is 14.3 Å². The zero-order valence-electron chi connectivity index (χ0n) is 18.5. The standard InChI is InChI=1S/C26H33NO3/c1-17-9-14-22-24(15-17)30-25(16-26(22,3)27-18(2)28)20-12-10-19(11-13-20)21-7-5-6-8-23(21)29-4/h5-8,10-13,17,22,24-25H,9,14-16H2,1-4H3,(H,27,28)/t17-,22-,24-,25-,26+/m1/s1. The molecule has 4 heteroatoms. The number of amides is 1. The third kappa shape index (κ3) is 4.11. The molecule has 160 valence electrons. The average Bonchev–Trinajstić information content (AvgIpc) is 2.72. The van der Waals surface area contributed by atoms with Gasteiger partial charge < -0.3 is 14.8 Å². The molecule has 0 bridgehead atoms. The van der Waals surface area contributed by atoms with E-state index in [1.54, 1.807) is 14.0 Å². The number of methoxy groups -OCH3 is 1. The lowest BCUT2D eigenvalue weighted by molar-refractivity contribution is -0.153. The molecule has 30 heavy (non-hydrogen) atoms. The summed E-state index contributed by atoms with van der Waals surface area (Å²) < 4.78 is 12.2. The molecule has 4 nitrogen and oxygen atoms in total. The maximum absolute atomic E-state index is 12.0. The van der Waals surface area contributed by atoms with Crippen LogP contribution in [0.4, 0.5) is 0 Å². The number of hydrogen-bond acceptors (Lipinski definition) is 3. The Balaban J connectivity index is 1.60. The van der Waals surface area contributed by atoms with E-state index < -0.39 is 0 Å². The van der Waals surface area contributed by atoms with Gasteiger partial charge in [0.1, 0.15) is 5.75 Å². The van der Waals surface area contributed by atoms with Gasteiger partial charge in [-0.1, -0.05) is 55.8 Å². The Labute approximate surface area is 180 Å². The highest BCUT2D eigenvalue weighted by molar-refractivity contribution is 5.74. The monoisotopic (exact) mass is 407 g/mol. The van der Waals surface area contributed by atoms with E-state index >= 15 is 0 Å². The van der Waals surface area contributed by atoms with Crippen molar-refractivity contribution in [1.29, 1.82) is 0 Å². The van der Waals surface area contributed by atoms with E-state index in [1.165, 1.54) is 12.0 Å². The number of carbonyl (C=O) groups excluding carboxylic acids is 1. The van der Waals surface area contributed by atoms with Crippen molar-refractivity contribution in [2.45, 2.75) is 64.2 Å². The van der Waals surface area contributed by atoms with Crippen molar-refractivity contribution in [2.75, 3.05) is 7.11 Å². The lowest BCUT2D eigenvalue weighted by Gasteiger charge is -2.52. The second-order valence-corrected chi connectivity index (χ2v) is 9.31. The third-order valence-corrected chi connectivity index (χ3v) is 6.98. The zero-order valence-corrected chi connectivity index (χ0v) is 18.5. The Bertz CT molecular complexity index is 893. The molecule has 1 saturated carbocycles. The SMILES string of the molecule is COc1ccccc1-c1ccc([C@H]2C[C@](C)(NC(C)=O)[C@@H]3CC[C@@H](C)C[C@H]3O2)cc1. The van der Waals surface area contributed by atoms with Crippen LogP contribution in [0.3, 0.4) is 0 Å². The van der Waals surface area contributed by atoms with Gasteiger partial charge >= 0.3 is 0 Å². The maximum Gasteiger partial charge on any atom is 0.217 e. The summed E-state index contributed by atoms with van der Waals surface area (Å²) in [7, 11) is 1.70. The van der Waals surface area contributed by atoms with Crippen LogP contribution in [0.5, 0.6) is 5.75 Å². The second kappa shape index (κ2) is 8.43. The molecule has 2 aromatic rings. The Morgan fingerprint density at radius 1 is 1.13 bits per heavy atom. The Morgan fingerprint density at radius 2 is 1.87 bits per heavy atom. The molecular formula is C26H33NO3. The lowest BCUT2D eigenvalue weighted by Crippen LogP contribution is -2.60. The minimum atomic E-state index is -0.235. The molecule has 2 aliphatic rings. The highest BCUT2D eigenvalue weighted by Gasteiger charge is 2.49. The summed E-state index contributed by atoms with van der Waals surface area (Å²) >= 11 is 0. The first-order chi connectivity index (χ1) is 14.4. The molecule has 2 aromatic carbocycles. The van der Waals surface area contributed by atoms with Crippen molar-refractivity contribution in [2.24, 2.45) is 11.8 Å². The van der Waals surface area contributed by atoms with Crippen molar-refractivity contribution >= 4 is 5.91 Å². The molecule has 1 heterocycles. The summed E-state index contributed by atoms with van der Waals surface area (Å²) in [5.74, 6) is 1.96. The summed E-state index contributed by atoms with van der Waals surface area (Å²) in [6, 6.07) is 16.7. The summed E-state index contributed by atoms with van der Waals surface area (Å²) in [4.78, 5) is 12.0. The second-order valence-electron chi connectivity index (χ2n) is 9.31. The smallest absolute Gasteiger partial charge is 0.217 e. The van der Waals surface area contributed by atoms with Crippen LogP contribution in [0.15, 0.2) is 48.5 Å². The Hall–Kier alpha value is -2.33. The lowest BCUT2D eigenvalue weighted by atomic mass is 9.66. The van der Waals surface area contributed by atoms with E-state index in [0.29, 0.717) is 11.8 Å². The quantitative estimate of drug-likeness (QED) is 0.726. The average molecular weight is 408 g/mol. The van der Waals surface area contributed by atoms with E-state index in [0.717, 1.165) is 36.1 Å². The van der Waals surface area contributed by atoms with Gasteiger partial charge in [-0.25, -0.2) is 0 Å². The molecule has 0 aromatic heterocycles. The molecular weight excluding hydrogens is 374 g/mol. The number of rotatable bonds is 4. The van der Waals surface area contributed by atoms with Gasteiger partial charge in [-0.05, 0) is 42.9 Å². The number of carbonyl (C=O) groups is 1. The van der Waals surface area contributed by atoms with Crippen LogP contribution in [0.1, 0.15) is 58.1 Å². The zero-order chi connectivity index (χ0) is 21.3. The first-order valence-corrected chi connectivity index (χ1v) is 11.1. The van der Waals surface area contributed by atoms with Gasteiger partial charge in [0.15, 0.2) is 0 Å². The Morgan fingerprint density at radius 3 is 2.57 bits per heavy atom. The molecule has 1 aliphatic carbocycles. The number of fused-ring (bicyclic) bond motifs is 1. The maximum atomic E-state index is 12.0. The normalized spacial score (nSPS) is 30.9. The molecule has 1 amide bonds. The predicted molar refractivity (Wildman–Crippen MR) is 119 cm³/mol. The molecule has 1 saturated heterocycles. The first-order valence-electron chi connectivity index (χ1n) is 11.1. The van der Waals surface area contributed by atoms with Crippen LogP contribution in [-0.2, 0) is 9.53 Å². The highest BCUT2D eigenvalue weighted by Crippen LogP contribution is 2.48. The summed E-state index contributed by atoms with van der Waals surface area (Å²) in [5.41, 5.74) is 3.14. The Kier molecular flexibility index (Phi) is 5.88. The number of benzene rings is 2. The third-order valence-electron chi connectivity index (χ3n) is 6.98. The van der Waals surface area contributed by atoms with Gasteiger partial charge in [-0.15, -0.1) is 0 Å². The fourth-order valence-electron chi connectivity index (χ4n) is 5.51. The van der Waals surface area contributed by atoms with Crippen LogP contribution in [0.25, 0.3) is 11.1 Å². The summed E-state index contributed by atoms with van der Waals surface area (Å²) in [6.45, 7) is 6.14. The molecule has 1 aliphatic heterocycles. The van der Waals surface area contributed by atoms with E-state index in [9.17, 15) is 4.79 Å². The van der Waals surface area contributed by atoms with Crippen molar-refractivity contribution in [3.63, 3.8) is 0 Å². The number of hydrogen-bond donors (Lipinski definition) is 1.